The second kappa shape index (κ2) is 7.14. The van der Waals surface area contributed by atoms with E-state index in [0.717, 1.165) is 22.7 Å². The van der Waals surface area contributed by atoms with Crippen LogP contribution in [-0.2, 0) is 5.75 Å². The maximum Gasteiger partial charge on any atom is 0.205 e. The molecule has 0 aliphatic rings. The maximum absolute atomic E-state index is 10.8. The van der Waals surface area contributed by atoms with Gasteiger partial charge in [-0.3, -0.25) is 4.57 Å². The molecule has 0 fully saturated rings. The highest BCUT2D eigenvalue weighted by Crippen LogP contribution is 2.31. The average Bonchev–Trinajstić information content (AvgIpc) is 3.39. The van der Waals surface area contributed by atoms with Gasteiger partial charge in [-0.15, -0.1) is 21.5 Å². The molecule has 0 aliphatic heterocycles. The minimum absolute atomic E-state index is 0.218. The summed E-state index contributed by atoms with van der Waals surface area (Å²) in [6, 6.07) is 13.7. The van der Waals surface area contributed by atoms with Crippen LogP contribution in [0.2, 0.25) is 0 Å². The minimum atomic E-state index is -1.36. The van der Waals surface area contributed by atoms with Gasteiger partial charge in [0.25, 0.3) is 0 Å². The lowest BCUT2D eigenvalue weighted by molar-refractivity contribution is -0.255. The van der Waals surface area contributed by atoms with E-state index in [1.165, 1.54) is 11.8 Å². The van der Waals surface area contributed by atoms with Crippen molar-refractivity contribution < 1.29 is 14.3 Å². The maximum atomic E-state index is 10.8. The Morgan fingerprint density at radius 3 is 2.73 bits per heavy atom. The summed E-state index contributed by atoms with van der Waals surface area (Å²) in [5, 5.41) is 22.1. The minimum Gasteiger partial charge on any atom is -0.543 e. The molecule has 0 bridgehead atoms. The van der Waals surface area contributed by atoms with Crippen molar-refractivity contribution in [1.82, 2.24) is 19.7 Å². The Morgan fingerprint density at radius 2 is 2.04 bits per heavy atom. The van der Waals surface area contributed by atoms with Crippen molar-refractivity contribution >= 4 is 29.1 Å². The van der Waals surface area contributed by atoms with Crippen molar-refractivity contribution in [2.45, 2.75) is 10.9 Å². The lowest BCUT2D eigenvalue weighted by Crippen LogP contribution is -2.22. The Kier molecular flexibility index (Phi) is 4.55. The zero-order chi connectivity index (χ0) is 17.9. The topological polar surface area (TPSA) is 96.9 Å². The summed E-state index contributed by atoms with van der Waals surface area (Å²) in [5.41, 5.74) is 0.718. The highest BCUT2D eigenvalue weighted by Gasteiger charge is 2.17. The normalized spacial score (nSPS) is 10.9. The van der Waals surface area contributed by atoms with Gasteiger partial charge in [-0.25, -0.2) is 4.98 Å². The van der Waals surface area contributed by atoms with Crippen LogP contribution in [0.4, 0.5) is 0 Å². The van der Waals surface area contributed by atoms with Crippen molar-refractivity contribution in [2.75, 3.05) is 0 Å². The van der Waals surface area contributed by atoms with E-state index in [-0.39, 0.29) is 11.6 Å². The number of carbonyl (C=O) groups excluding carboxylic acids is 1. The number of aromatic nitrogens is 4. The molecule has 0 radical (unpaired) electrons. The third kappa shape index (κ3) is 3.26. The number of rotatable bonds is 6. The van der Waals surface area contributed by atoms with Crippen molar-refractivity contribution in [2.24, 2.45) is 0 Å². The number of oxazole rings is 1. The van der Waals surface area contributed by atoms with Crippen LogP contribution in [0.3, 0.4) is 0 Å². The molecule has 1 aromatic carbocycles. The molecule has 9 heteroatoms. The van der Waals surface area contributed by atoms with E-state index >= 15 is 0 Å². The third-order valence-corrected chi connectivity index (χ3v) is 5.25. The number of hydrogen-bond donors (Lipinski definition) is 0. The SMILES string of the molecule is O=C([O-])c1coc(CSc2nnc(-c3cccs3)n2-c2ccccc2)n1. The van der Waals surface area contributed by atoms with Gasteiger partial charge in [0.2, 0.25) is 5.89 Å². The molecule has 4 rings (SSSR count). The molecule has 0 atom stereocenters. The quantitative estimate of drug-likeness (QED) is 0.472. The summed E-state index contributed by atoms with van der Waals surface area (Å²) < 4.78 is 7.12. The molecular formula is C17H11N4O3S2-. The highest BCUT2D eigenvalue weighted by molar-refractivity contribution is 7.98. The molecule has 0 amide bonds. The van der Waals surface area contributed by atoms with Crippen LogP contribution < -0.4 is 5.11 Å². The molecule has 0 spiro atoms. The van der Waals surface area contributed by atoms with Crippen LogP contribution in [-0.4, -0.2) is 25.7 Å². The van der Waals surface area contributed by atoms with E-state index in [4.69, 9.17) is 4.42 Å². The first-order valence-electron chi connectivity index (χ1n) is 7.55. The number of thiophene rings is 1. The standard InChI is InChI=1S/C17H12N4O3S2/c22-16(23)12-9-24-14(18-12)10-26-17-20-19-15(13-7-4-8-25-13)21(17)11-5-2-1-3-6-11/h1-9H,10H2,(H,22,23)/p-1. The van der Waals surface area contributed by atoms with Crippen LogP contribution in [0, 0.1) is 0 Å². The molecule has 0 unspecified atom stereocenters. The largest absolute Gasteiger partial charge is 0.543 e. The van der Waals surface area contributed by atoms with Gasteiger partial charge < -0.3 is 14.3 Å². The first kappa shape index (κ1) is 16.6. The van der Waals surface area contributed by atoms with Gasteiger partial charge >= 0.3 is 0 Å². The van der Waals surface area contributed by atoms with Crippen molar-refractivity contribution in [3.8, 4) is 16.4 Å². The third-order valence-electron chi connectivity index (χ3n) is 3.47. The van der Waals surface area contributed by atoms with Crippen LogP contribution in [0.5, 0.6) is 0 Å². The Labute approximate surface area is 156 Å². The molecule has 26 heavy (non-hydrogen) atoms. The predicted molar refractivity (Wildman–Crippen MR) is 95.1 cm³/mol. The predicted octanol–water partition coefficient (Wildman–Crippen LogP) is 2.64. The summed E-state index contributed by atoms with van der Waals surface area (Å²) in [7, 11) is 0. The molecule has 130 valence electrons. The molecule has 4 aromatic rings. The van der Waals surface area contributed by atoms with E-state index in [0.29, 0.717) is 10.9 Å². The number of benzene rings is 1. The van der Waals surface area contributed by atoms with Crippen LogP contribution >= 0.6 is 23.1 Å². The van der Waals surface area contributed by atoms with Gasteiger partial charge in [0.15, 0.2) is 11.0 Å². The van der Waals surface area contributed by atoms with Gasteiger partial charge in [-0.2, -0.15) is 0 Å². The molecule has 3 aromatic heterocycles. The molecule has 0 aliphatic carbocycles. The van der Waals surface area contributed by atoms with E-state index in [1.807, 2.05) is 52.4 Å². The number of carboxylic acid groups (broad SMARTS) is 1. The van der Waals surface area contributed by atoms with Crippen molar-refractivity contribution in [3.05, 3.63) is 65.7 Å². The van der Waals surface area contributed by atoms with Crippen molar-refractivity contribution in [3.63, 3.8) is 0 Å². The Balaban J connectivity index is 1.66. The second-order valence-electron chi connectivity index (χ2n) is 5.16. The number of hydrogen-bond acceptors (Lipinski definition) is 8. The van der Waals surface area contributed by atoms with E-state index in [1.54, 1.807) is 11.3 Å². The van der Waals surface area contributed by atoms with Crippen molar-refractivity contribution in [1.29, 1.82) is 0 Å². The number of carbonyl (C=O) groups is 1. The van der Waals surface area contributed by atoms with Gasteiger partial charge in [0, 0.05) is 5.69 Å². The molecule has 7 nitrogen and oxygen atoms in total. The molecule has 0 saturated heterocycles. The molecule has 0 saturated carbocycles. The number of aromatic carboxylic acids is 1. The monoisotopic (exact) mass is 383 g/mol. The van der Waals surface area contributed by atoms with Gasteiger partial charge in [0.1, 0.15) is 12.0 Å². The van der Waals surface area contributed by atoms with Crippen LogP contribution in [0.1, 0.15) is 16.4 Å². The Bertz CT molecular complexity index is 1030. The fraction of sp³-hybridized carbons (Fsp3) is 0.0588. The number of para-hydroxylation sites is 1. The Morgan fingerprint density at radius 1 is 1.19 bits per heavy atom. The summed E-state index contributed by atoms with van der Waals surface area (Å²) in [5.74, 6) is -0.00803. The fourth-order valence-electron chi connectivity index (χ4n) is 2.34. The summed E-state index contributed by atoms with van der Waals surface area (Å²) >= 11 is 2.95. The number of nitrogens with zero attached hydrogens (tertiary/aromatic N) is 4. The van der Waals surface area contributed by atoms with Crippen LogP contribution in [0.25, 0.3) is 16.4 Å². The number of carboxylic acids is 1. The van der Waals surface area contributed by atoms with E-state index < -0.39 is 5.97 Å². The molecular weight excluding hydrogens is 372 g/mol. The van der Waals surface area contributed by atoms with Crippen LogP contribution in [0.15, 0.2) is 63.7 Å². The summed E-state index contributed by atoms with van der Waals surface area (Å²) in [6.07, 6.45) is 1.07. The summed E-state index contributed by atoms with van der Waals surface area (Å²) in [4.78, 5) is 15.7. The first-order valence-corrected chi connectivity index (χ1v) is 9.42. The second-order valence-corrected chi connectivity index (χ2v) is 7.05. The van der Waals surface area contributed by atoms with E-state index in [2.05, 4.69) is 15.2 Å². The lowest BCUT2D eigenvalue weighted by Gasteiger charge is -2.08. The smallest absolute Gasteiger partial charge is 0.205 e. The zero-order valence-electron chi connectivity index (χ0n) is 13.2. The first-order chi connectivity index (χ1) is 12.7. The molecule has 3 heterocycles. The fourth-order valence-corrected chi connectivity index (χ4v) is 3.84. The Hall–Kier alpha value is -2.91. The average molecular weight is 383 g/mol. The lowest BCUT2D eigenvalue weighted by atomic mass is 10.3. The molecule has 0 N–H and O–H groups in total. The van der Waals surface area contributed by atoms with Gasteiger partial charge in [-0.1, -0.05) is 36.0 Å². The summed E-state index contributed by atoms with van der Waals surface area (Å²) in [6.45, 7) is 0. The van der Waals surface area contributed by atoms with Gasteiger partial charge in [0.05, 0.1) is 16.6 Å². The zero-order valence-corrected chi connectivity index (χ0v) is 14.9. The highest BCUT2D eigenvalue weighted by atomic mass is 32.2. The van der Waals surface area contributed by atoms with Gasteiger partial charge in [-0.05, 0) is 23.6 Å². The number of thioether (sulfide) groups is 1. The van der Waals surface area contributed by atoms with E-state index in [9.17, 15) is 9.90 Å².